The molecular weight excluding hydrogens is 750 g/mol. The molecule has 2 aromatic carbocycles. The maximum absolute atomic E-state index is 15.0. The number of likely N-dealkylation sites (N-methyl/N-ethyl adjacent to an activating group) is 1. The first kappa shape index (κ1) is 39.7. The van der Waals surface area contributed by atoms with Gasteiger partial charge in [0.25, 0.3) is 5.91 Å². The number of carbonyl (C=O) groups is 4. The van der Waals surface area contributed by atoms with E-state index in [4.69, 9.17) is 21.1 Å². The van der Waals surface area contributed by atoms with Crippen molar-refractivity contribution in [2.24, 2.45) is 11.8 Å². The van der Waals surface area contributed by atoms with Crippen molar-refractivity contribution < 1.29 is 33.8 Å². The number of aliphatic hydroxyl groups is 1. The number of carbonyl (C=O) groups excluding carboxylic acids is 4. The molecule has 280 valence electrons. The van der Waals surface area contributed by atoms with E-state index < -0.39 is 47.7 Å². The Labute approximate surface area is 319 Å². The Morgan fingerprint density at radius 1 is 1.13 bits per heavy atom. The molecule has 12 heteroatoms. The molecule has 1 N–H and O–H groups in total. The summed E-state index contributed by atoms with van der Waals surface area (Å²) in [4.78, 5) is 61.7. The minimum absolute atomic E-state index is 0.0157. The number of anilines is 1. The Bertz CT molecular complexity index is 1640. The van der Waals surface area contributed by atoms with E-state index in [0.717, 1.165) is 5.56 Å². The average Bonchev–Trinajstić information content (AvgIpc) is 3.73. The lowest BCUT2D eigenvalue weighted by atomic mass is 9.70. The smallest absolute Gasteiger partial charge is 0.313 e. The first-order valence-corrected chi connectivity index (χ1v) is 19.2. The predicted octanol–water partition coefficient (Wildman–Crippen LogP) is 6.18. The van der Waals surface area contributed by atoms with Crippen LogP contribution in [0.3, 0.4) is 0 Å². The molecular formula is C40H49BrClN3O7. The minimum atomic E-state index is -1.33. The monoisotopic (exact) mass is 797 g/mol. The number of allylic oxidation sites excluding steroid dienone is 1. The molecule has 10 nitrogen and oxygen atoms in total. The summed E-state index contributed by atoms with van der Waals surface area (Å²) >= 11 is 10.5. The average molecular weight is 799 g/mol. The van der Waals surface area contributed by atoms with Gasteiger partial charge in [-0.25, -0.2) is 0 Å². The van der Waals surface area contributed by atoms with E-state index in [0.29, 0.717) is 48.4 Å². The maximum Gasteiger partial charge on any atom is 0.313 e. The van der Waals surface area contributed by atoms with Crippen molar-refractivity contribution in [3.63, 3.8) is 0 Å². The summed E-state index contributed by atoms with van der Waals surface area (Å²) < 4.78 is 13.1. The molecule has 0 aliphatic carbocycles. The molecule has 8 atom stereocenters. The molecule has 3 saturated heterocycles. The van der Waals surface area contributed by atoms with E-state index >= 15 is 0 Å². The lowest BCUT2D eigenvalue weighted by Crippen LogP contribution is -2.57. The van der Waals surface area contributed by atoms with Crippen LogP contribution in [0, 0.1) is 18.8 Å². The summed E-state index contributed by atoms with van der Waals surface area (Å²) in [6.45, 7) is 11.7. The second-order valence-corrected chi connectivity index (χ2v) is 15.5. The molecule has 3 aliphatic heterocycles. The highest BCUT2D eigenvalue weighted by Gasteiger charge is 2.77. The van der Waals surface area contributed by atoms with Crippen molar-refractivity contribution in [2.45, 2.75) is 87.1 Å². The molecule has 2 aromatic rings. The van der Waals surface area contributed by atoms with Crippen molar-refractivity contribution in [3.05, 3.63) is 90.0 Å². The van der Waals surface area contributed by atoms with Crippen molar-refractivity contribution in [2.75, 3.05) is 31.6 Å². The summed E-state index contributed by atoms with van der Waals surface area (Å²) in [5.74, 6) is -3.46. The number of amides is 3. The fourth-order valence-electron chi connectivity index (χ4n) is 8.15. The van der Waals surface area contributed by atoms with Crippen LogP contribution in [-0.2, 0) is 28.7 Å². The summed E-state index contributed by atoms with van der Waals surface area (Å²) in [7, 11) is 1.69. The molecule has 3 aliphatic rings. The van der Waals surface area contributed by atoms with Gasteiger partial charge in [-0.1, -0.05) is 82.1 Å². The number of aryl methyl sites for hydroxylation is 1. The summed E-state index contributed by atoms with van der Waals surface area (Å²) in [5.41, 5.74) is 0.675. The summed E-state index contributed by atoms with van der Waals surface area (Å²) in [5, 5.41) is 9.81. The lowest BCUT2D eigenvalue weighted by Gasteiger charge is -2.38. The molecule has 3 heterocycles. The lowest BCUT2D eigenvalue weighted by molar-refractivity contribution is -0.164. The van der Waals surface area contributed by atoms with Gasteiger partial charge in [0.05, 0.1) is 34.7 Å². The number of aliphatic hydroxyl groups excluding tert-OH is 1. The molecule has 0 aromatic heterocycles. The fraction of sp³-hybridized carbons (Fsp3) is 0.500. The van der Waals surface area contributed by atoms with Gasteiger partial charge in [-0.05, 0) is 63.1 Å². The van der Waals surface area contributed by atoms with Crippen LogP contribution >= 0.6 is 27.5 Å². The minimum Gasteiger partial charge on any atom is -0.455 e. The first-order chi connectivity index (χ1) is 24.9. The van der Waals surface area contributed by atoms with Crippen molar-refractivity contribution in [1.29, 1.82) is 0 Å². The van der Waals surface area contributed by atoms with Crippen LogP contribution in [-0.4, -0.2) is 94.0 Å². The maximum atomic E-state index is 15.0. The van der Waals surface area contributed by atoms with Gasteiger partial charge in [0.2, 0.25) is 11.8 Å². The number of esters is 1. The highest BCUT2D eigenvalue weighted by atomic mass is 79.9. The molecule has 5 rings (SSSR count). The Morgan fingerprint density at radius 3 is 2.52 bits per heavy atom. The van der Waals surface area contributed by atoms with E-state index in [1.807, 2.05) is 56.3 Å². The van der Waals surface area contributed by atoms with Crippen LogP contribution in [0.1, 0.15) is 62.7 Å². The standard InChI is InChI=1S/C40H49BrClN3O7/c1-6-8-20-30(47)43(5)26(4)34(27-17-11-9-12-18-27)51-39(50)31-32-37(48)45(22-13-10-14-23-46)36(40(32)24-28(41)35(31)52-40)38(49)44(21-7-2)33-25(3)16-15-19-29(33)42/h6-7,9,11-12,15-19,26,28,31-32,34-36,46H,1-2,8,10,13-14,20-24H2,3-5H3/t26-,28?,31-,32+,34+,35-,36-,40+/m1/s1. The highest BCUT2D eigenvalue weighted by molar-refractivity contribution is 9.09. The number of halogens is 2. The SMILES string of the molecule is C=CCCC(=O)N(C)[C@H](C)[C@H](OC(=O)[C@H]1[C@@H]2O[C@@]3(CC2Br)[C@@H]1C(=O)N(CCCCCO)[C@@H]3C(=O)N(CC=C)c1c(C)cccc1Cl)c1ccccc1. The zero-order chi connectivity index (χ0) is 37.7. The van der Waals surface area contributed by atoms with Crippen LogP contribution in [0.15, 0.2) is 73.8 Å². The zero-order valence-corrected chi connectivity index (χ0v) is 32.4. The Balaban J connectivity index is 1.53. The molecule has 3 fully saturated rings. The van der Waals surface area contributed by atoms with Gasteiger partial charge in [-0.3, -0.25) is 19.2 Å². The second kappa shape index (κ2) is 17.1. The number of rotatable bonds is 17. The van der Waals surface area contributed by atoms with E-state index in [1.165, 1.54) is 0 Å². The van der Waals surface area contributed by atoms with Crippen LogP contribution < -0.4 is 4.90 Å². The summed E-state index contributed by atoms with van der Waals surface area (Å²) in [6.07, 6.45) is 4.57. The molecule has 52 heavy (non-hydrogen) atoms. The highest BCUT2D eigenvalue weighted by Crippen LogP contribution is 2.61. The molecule has 2 bridgehead atoms. The third-order valence-corrected chi connectivity index (χ3v) is 11.9. The van der Waals surface area contributed by atoms with E-state index in [1.54, 1.807) is 40.0 Å². The number of para-hydroxylation sites is 1. The predicted molar refractivity (Wildman–Crippen MR) is 204 cm³/mol. The number of hydrogen-bond acceptors (Lipinski definition) is 7. The van der Waals surface area contributed by atoms with Gasteiger partial charge in [0.1, 0.15) is 17.7 Å². The number of fused-ring (bicyclic) bond motifs is 1. The topological polar surface area (TPSA) is 117 Å². The van der Waals surface area contributed by atoms with Crippen LogP contribution in [0.4, 0.5) is 5.69 Å². The van der Waals surface area contributed by atoms with Crippen LogP contribution in [0.2, 0.25) is 5.02 Å². The summed E-state index contributed by atoms with van der Waals surface area (Å²) in [6, 6.07) is 13.0. The number of alkyl halides is 1. The number of likely N-dealkylation sites (tertiary alicyclic amines) is 1. The number of unbranched alkanes of at least 4 members (excludes halogenated alkanes) is 2. The van der Waals surface area contributed by atoms with E-state index in [-0.39, 0.29) is 48.7 Å². The van der Waals surface area contributed by atoms with Crippen LogP contribution in [0.5, 0.6) is 0 Å². The van der Waals surface area contributed by atoms with Crippen LogP contribution in [0.25, 0.3) is 0 Å². The zero-order valence-electron chi connectivity index (χ0n) is 30.1. The van der Waals surface area contributed by atoms with Crippen molar-refractivity contribution in [3.8, 4) is 0 Å². The van der Waals surface area contributed by atoms with E-state index in [9.17, 15) is 24.3 Å². The van der Waals surface area contributed by atoms with Gasteiger partial charge in [-0.2, -0.15) is 0 Å². The normalized spacial score (nSPS) is 25.7. The molecule has 1 unspecified atom stereocenters. The molecule has 3 amide bonds. The van der Waals surface area contributed by atoms with Gasteiger partial charge in [0.15, 0.2) is 0 Å². The molecule has 0 saturated carbocycles. The quantitative estimate of drug-likeness (QED) is 0.0881. The number of nitrogens with zero attached hydrogens (tertiary/aromatic N) is 3. The number of hydrogen-bond donors (Lipinski definition) is 1. The van der Waals surface area contributed by atoms with Gasteiger partial charge >= 0.3 is 5.97 Å². The third-order valence-electron chi connectivity index (χ3n) is 10.8. The first-order valence-electron chi connectivity index (χ1n) is 18.0. The van der Waals surface area contributed by atoms with Crippen molar-refractivity contribution in [1.82, 2.24) is 9.80 Å². The fourth-order valence-corrected chi connectivity index (χ4v) is 9.41. The van der Waals surface area contributed by atoms with Gasteiger partial charge in [-0.15, -0.1) is 13.2 Å². The van der Waals surface area contributed by atoms with Gasteiger partial charge < -0.3 is 29.3 Å². The van der Waals surface area contributed by atoms with Gasteiger partial charge in [0, 0.05) is 38.0 Å². The Morgan fingerprint density at radius 2 is 1.87 bits per heavy atom. The van der Waals surface area contributed by atoms with Crippen molar-refractivity contribution >= 4 is 56.9 Å². The molecule has 1 spiro atoms. The third kappa shape index (κ3) is 7.47. The Hall–Kier alpha value is -3.51. The molecule has 0 radical (unpaired) electrons. The van der Waals surface area contributed by atoms with E-state index in [2.05, 4.69) is 29.1 Å². The number of benzene rings is 2. The second-order valence-electron chi connectivity index (χ2n) is 14.0. The Kier molecular flexibility index (Phi) is 13.0. The number of ether oxygens (including phenoxy) is 2. The largest absolute Gasteiger partial charge is 0.455 e.